The highest BCUT2D eigenvalue weighted by Gasteiger charge is 2.31. The van der Waals surface area contributed by atoms with Gasteiger partial charge in [-0.05, 0) is 45.0 Å². The molecule has 0 aliphatic carbocycles. The zero-order valence-electron chi connectivity index (χ0n) is 12.8. The summed E-state index contributed by atoms with van der Waals surface area (Å²) >= 11 is 0. The van der Waals surface area contributed by atoms with E-state index in [9.17, 15) is 17.4 Å². The van der Waals surface area contributed by atoms with Crippen molar-refractivity contribution in [3.8, 4) is 0 Å². The predicted molar refractivity (Wildman–Crippen MR) is 80.6 cm³/mol. The first-order chi connectivity index (χ1) is 9.55. The Kier molecular flexibility index (Phi) is 5.99. The van der Waals surface area contributed by atoms with Gasteiger partial charge in [-0.3, -0.25) is 4.21 Å². The highest BCUT2D eigenvalue weighted by Crippen LogP contribution is 2.31. The van der Waals surface area contributed by atoms with E-state index in [0.717, 1.165) is 12.1 Å². The summed E-state index contributed by atoms with van der Waals surface area (Å²) in [6.07, 6.45) is -4.37. The van der Waals surface area contributed by atoms with E-state index >= 15 is 0 Å². The third-order valence-corrected chi connectivity index (χ3v) is 5.07. The van der Waals surface area contributed by atoms with Crippen LogP contribution in [0.4, 0.5) is 13.2 Å². The van der Waals surface area contributed by atoms with E-state index in [1.165, 1.54) is 6.07 Å². The van der Waals surface area contributed by atoms with Crippen LogP contribution in [0.5, 0.6) is 0 Å². The maximum absolute atomic E-state index is 12.8. The molecule has 0 heterocycles. The minimum Gasteiger partial charge on any atom is -0.309 e. The summed E-state index contributed by atoms with van der Waals surface area (Å²) in [5.41, 5.74) is -0.159. The summed E-state index contributed by atoms with van der Waals surface area (Å²) in [5, 5.41) is 3.12. The van der Waals surface area contributed by atoms with Crippen molar-refractivity contribution < 1.29 is 17.4 Å². The Bertz CT molecular complexity index is 494. The van der Waals surface area contributed by atoms with E-state index in [4.69, 9.17) is 0 Å². The first-order valence-electron chi connectivity index (χ1n) is 6.84. The van der Waals surface area contributed by atoms with Crippen LogP contribution in [0.2, 0.25) is 0 Å². The summed E-state index contributed by atoms with van der Waals surface area (Å²) in [6, 6.07) is 4.86. The molecular weight excluding hydrogens is 299 g/mol. The fourth-order valence-corrected chi connectivity index (χ4v) is 2.97. The number of hydrogen-bond donors (Lipinski definition) is 1. The van der Waals surface area contributed by atoms with Crippen LogP contribution in [0.1, 0.15) is 44.9 Å². The highest BCUT2D eigenvalue weighted by molar-refractivity contribution is 7.86. The lowest BCUT2D eigenvalue weighted by molar-refractivity contribution is -0.137. The van der Waals surface area contributed by atoms with Crippen molar-refractivity contribution in [3.63, 3.8) is 0 Å². The molecule has 0 bridgehead atoms. The third kappa shape index (κ3) is 5.43. The Morgan fingerprint density at radius 3 is 2.33 bits per heavy atom. The van der Waals surface area contributed by atoms with Gasteiger partial charge in [-0.25, -0.2) is 0 Å². The summed E-state index contributed by atoms with van der Waals surface area (Å²) < 4.78 is 50.2. The lowest BCUT2D eigenvalue weighted by Crippen LogP contribution is -2.32. The molecule has 0 aliphatic heterocycles. The minimum atomic E-state index is -4.37. The van der Waals surface area contributed by atoms with Crippen LogP contribution < -0.4 is 5.32 Å². The van der Waals surface area contributed by atoms with E-state index in [1.807, 2.05) is 27.7 Å². The quantitative estimate of drug-likeness (QED) is 0.891. The third-order valence-electron chi connectivity index (χ3n) is 3.07. The van der Waals surface area contributed by atoms with Gasteiger partial charge in [0.15, 0.2) is 0 Å². The smallest absolute Gasteiger partial charge is 0.309 e. The normalized spacial score (nSPS) is 15.8. The van der Waals surface area contributed by atoms with Crippen LogP contribution in [-0.2, 0) is 17.0 Å². The van der Waals surface area contributed by atoms with Gasteiger partial charge in [-0.1, -0.05) is 19.1 Å². The molecule has 1 aromatic rings. The number of halogens is 3. The van der Waals surface area contributed by atoms with Crippen molar-refractivity contribution in [2.24, 2.45) is 0 Å². The highest BCUT2D eigenvalue weighted by atomic mass is 32.2. The summed E-state index contributed by atoms with van der Waals surface area (Å²) in [5.74, 6) is 0.290. The first kappa shape index (κ1) is 18.2. The van der Waals surface area contributed by atoms with Crippen molar-refractivity contribution in [2.45, 2.75) is 44.7 Å². The number of benzene rings is 1. The van der Waals surface area contributed by atoms with Gasteiger partial charge in [0, 0.05) is 27.3 Å². The van der Waals surface area contributed by atoms with Crippen molar-refractivity contribution >= 4 is 10.8 Å². The molecule has 1 aromatic carbocycles. The standard InChI is InChI=1S/C15H22F3NOS/c1-5-19-13(10-21(20)14(2,3)4)11-7-6-8-12(9-11)15(16,17)18/h6-9,13,19H,5,10H2,1-4H3. The summed E-state index contributed by atoms with van der Waals surface area (Å²) in [6.45, 7) is 8.05. The molecule has 0 aromatic heterocycles. The molecule has 1 rings (SSSR count). The monoisotopic (exact) mass is 321 g/mol. The van der Waals surface area contributed by atoms with E-state index in [2.05, 4.69) is 5.32 Å². The molecule has 0 spiro atoms. The van der Waals surface area contributed by atoms with Gasteiger partial charge >= 0.3 is 6.18 Å². The van der Waals surface area contributed by atoms with Gasteiger partial charge in [0.05, 0.1) is 5.56 Å². The predicted octanol–water partition coefficient (Wildman–Crippen LogP) is 3.90. The van der Waals surface area contributed by atoms with E-state index < -0.39 is 27.3 Å². The molecule has 0 radical (unpaired) electrons. The zero-order valence-corrected chi connectivity index (χ0v) is 13.6. The van der Waals surface area contributed by atoms with Gasteiger partial charge in [0.1, 0.15) is 0 Å². The van der Waals surface area contributed by atoms with Crippen LogP contribution in [0.3, 0.4) is 0 Å². The zero-order chi connectivity index (χ0) is 16.3. The maximum atomic E-state index is 12.8. The van der Waals surface area contributed by atoms with Crippen LogP contribution in [0.25, 0.3) is 0 Å². The molecule has 0 saturated carbocycles. The minimum absolute atomic E-state index is 0.290. The molecule has 2 nitrogen and oxygen atoms in total. The Balaban J connectivity index is 3.04. The Morgan fingerprint density at radius 1 is 1.24 bits per heavy atom. The molecule has 0 saturated heterocycles. The Hall–Kier alpha value is -0.880. The maximum Gasteiger partial charge on any atom is 0.416 e. The molecule has 1 N–H and O–H groups in total. The molecule has 120 valence electrons. The first-order valence-corrected chi connectivity index (χ1v) is 8.16. The van der Waals surface area contributed by atoms with Gasteiger partial charge < -0.3 is 5.32 Å². The molecule has 0 fully saturated rings. The van der Waals surface area contributed by atoms with Gasteiger partial charge in [0.25, 0.3) is 0 Å². The average molecular weight is 321 g/mol. The number of alkyl halides is 3. The molecule has 6 heteroatoms. The molecular formula is C15H22F3NOS. The lowest BCUT2D eigenvalue weighted by atomic mass is 10.0. The van der Waals surface area contributed by atoms with Crippen LogP contribution in [0, 0.1) is 0 Å². The summed E-state index contributed by atoms with van der Waals surface area (Å²) in [7, 11) is -1.14. The van der Waals surface area contributed by atoms with E-state index in [0.29, 0.717) is 17.9 Å². The van der Waals surface area contributed by atoms with Crippen molar-refractivity contribution in [1.29, 1.82) is 0 Å². The average Bonchev–Trinajstić information content (AvgIpc) is 2.36. The van der Waals surface area contributed by atoms with E-state index in [-0.39, 0.29) is 6.04 Å². The SMILES string of the molecule is CCNC(CS(=O)C(C)(C)C)c1cccc(C(F)(F)F)c1. The Morgan fingerprint density at radius 2 is 1.86 bits per heavy atom. The molecule has 21 heavy (non-hydrogen) atoms. The molecule has 0 aliphatic rings. The van der Waals surface area contributed by atoms with Gasteiger partial charge in [-0.15, -0.1) is 0 Å². The Labute approximate surface area is 126 Å². The van der Waals surface area contributed by atoms with Crippen LogP contribution in [0.15, 0.2) is 24.3 Å². The van der Waals surface area contributed by atoms with Crippen LogP contribution in [-0.4, -0.2) is 21.3 Å². The van der Waals surface area contributed by atoms with Crippen molar-refractivity contribution in [2.75, 3.05) is 12.3 Å². The van der Waals surface area contributed by atoms with Crippen molar-refractivity contribution in [1.82, 2.24) is 5.32 Å². The second-order valence-electron chi connectivity index (χ2n) is 5.86. The fourth-order valence-electron chi connectivity index (χ4n) is 1.85. The molecule has 0 amide bonds. The second kappa shape index (κ2) is 6.92. The number of nitrogens with one attached hydrogen (secondary N) is 1. The fraction of sp³-hybridized carbons (Fsp3) is 0.600. The lowest BCUT2D eigenvalue weighted by Gasteiger charge is -2.24. The summed E-state index contributed by atoms with van der Waals surface area (Å²) in [4.78, 5) is 0. The molecule has 2 atom stereocenters. The number of hydrogen-bond acceptors (Lipinski definition) is 2. The van der Waals surface area contributed by atoms with Gasteiger partial charge in [0.2, 0.25) is 0 Å². The van der Waals surface area contributed by atoms with Crippen LogP contribution >= 0.6 is 0 Å². The second-order valence-corrected chi connectivity index (χ2v) is 8.11. The van der Waals surface area contributed by atoms with Gasteiger partial charge in [-0.2, -0.15) is 13.2 Å². The van der Waals surface area contributed by atoms with E-state index in [1.54, 1.807) is 6.07 Å². The van der Waals surface area contributed by atoms with Crippen molar-refractivity contribution in [3.05, 3.63) is 35.4 Å². The largest absolute Gasteiger partial charge is 0.416 e. The molecule has 2 unspecified atom stereocenters. The topological polar surface area (TPSA) is 29.1 Å². The number of rotatable bonds is 5.